The summed E-state index contributed by atoms with van der Waals surface area (Å²) in [5.41, 5.74) is 0.813. The Bertz CT molecular complexity index is 985. The highest BCUT2D eigenvalue weighted by Crippen LogP contribution is 2.20. The van der Waals surface area contributed by atoms with E-state index in [1.807, 2.05) is 31.2 Å². The lowest BCUT2D eigenvalue weighted by molar-refractivity contribution is 0.363. The average molecular weight is 427 g/mol. The van der Waals surface area contributed by atoms with Gasteiger partial charge in [-0.3, -0.25) is 0 Å². The van der Waals surface area contributed by atoms with Gasteiger partial charge in [0.05, 0.1) is 0 Å². The van der Waals surface area contributed by atoms with Crippen LogP contribution in [0.1, 0.15) is 12.8 Å². The second kappa shape index (κ2) is 9.53. The number of benzene rings is 1. The first-order chi connectivity index (χ1) is 14.7. The molecule has 0 aliphatic carbocycles. The van der Waals surface area contributed by atoms with Gasteiger partial charge < -0.3 is 19.6 Å². The molecule has 10 heteroatoms. The van der Waals surface area contributed by atoms with Crippen LogP contribution in [-0.2, 0) is 6.54 Å². The lowest BCUT2D eigenvalue weighted by Gasteiger charge is -2.36. The number of hydrogen-bond donors (Lipinski definition) is 1. The number of hydrogen-bond acceptors (Lipinski definition) is 7. The first kappa shape index (κ1) is 20.1. The van der Waals surface area contributed by atoms with Crippen LogP contribution in [0, 0.1) is 0 Å². The van der Waals surface area contributed by atoms with E-state index in [1.165, 1.54) is 0 Å². The van der Waals surface area contributed by atoms with Crippen LogP contribution >= 0.6 is 11.6 Å². The quantitative estimate of drug-likeness (QED) is 0.491. The van der Waals surface area contributed by atoms with Crippen LogP contribution < -0.4 is 10.2 Å². The topological polar surface area (TPSA) is 95.6 Å². The highest BCUT2D eigenvalue weighted by molar-refractivity contribution is 6.30. The number of anilines is 1. The molecule has 0 radical (unpaired) electrons. The van der Waals surface area contributed by atoms with E-state index in [0.717, 1.165) is 50.2 Å². The molecule has 0 unspecified atom stereocenters. The molecular formula is C20H23ClN8O. The molecule has 0 atom stereocenters. The van der Waals surface area contributed by atoms with Gasteiger partial charge in [0.2, 0.25) is 17.7 Å². The summed E-state index contributed by atoms with van der Waals surface area (Å²) in [5, 5.41) is 8.01. The summed E-state index contributed by atoms with van der Waals surface area (Å²) in [7, 11) is 0. The number of nitrogens with one attached hydrogen (secondary N) is 1. The molecule has 156 valence electrons. The Labute approximate surface area is 179 Å². The van der Waals surface area contributed by atoms with Crippen LogP contribution in [0.25, 0.3) is 11.4 Å². The standard InChI is InChI=1S/C20H23ClN8O/c1-2-22-19(28-9-11-29(12-10-28)20-23-7-4-8-24-20)25-14-17-26-18(27-30-17)15-5-3-6-16(21)13-15/h3-8,13H,2,9-12,14H2,1H3,(H,22,25). The van der Waals surface area contributed by atoms with E-state index in [4.69, 9.17) is 16.1 Å². The number of guanidine groups is 1. The number of halogens is 1. The SMILES string of the molecule is CCNC(=NCc1nc(-c2cccc(Cl)c2)no1)N1CCN(c2ncccn2)CC1. The van der Waals surface area contributed by atoms with E-state index in [-0.39, 0.29) is 0 Å². The van der Waals surface area contributed by atoms with Crippen molar-refractivity contribution in [3.63, 3.8) is 0 Å². The Kier molecular flexibility index (Phi) is 6.38. The average Bonchev–Trinajstić information content (AvgIpc) is 3.27. The smallest absolute Gasteiger partial charge is 0.248 e. The van der Waals surface area contributed by atoms with Crippen molar-refractivity contribution in [2.75, 3.05) is 37.6 Å². The van der Waals surface area contributed by atoms with Crippen molar-refractivity contribution < 1.29 is 4.52 Å². The minimum Gasteiger partial charge on any atom is -0.357 e. The zero-order valence-corrected chi connectivity index (χ0v) is 17.5. The third kappa shape index (κ3) is 4.85. The van der Waals surface area contributed by atoms with Gasteiger partial charge in [-0.15, -0.1) is 0 Å². The number of piperazine rings is 1. The molecule has 0 saturated carbocycles. The number of nitrogens with zero attached hydrogens (tertiary/aromatic N) is 7. The molecule has 1 aromatic carbocycles. The minimum atomic E-state index is 0.303. The molecule has 0 amide bonds. The van der Waals surface area contributed by atoms with Crippen molar-refractivity contribution >= 4 is 23.5 Å². The summed E-state index contributed by atoms with van der Waals surface area (Å²) in [6.07, 6.45) is 3.53. The molecular weight excluding hydrogens is 404 g/mol. The maximum Gasteiger partial charge on any atom is 0.248 e. The van der Waals surface area contributed by atoms with E-state index in [1.54, 1.807) is 18.5 Å². The first-order valence-corrected chi connectivity index (χ1v) is 10.2. The molecule has 1 aliphatic heterocycles. The van der Waals surface area contributed by atoms with Gasteiger partial charge >= 0.3 is 0 Å². The van der Waals surface area contributed by atoms with Crippen LogP contribution in [0.5, 0.6) is 0 Å². The summed E-state index contributed by atoms with van der Waals surface area (Å²) in [4.78, 5) is 22.2. The van der Waals surface area contributed by atoms with Gasteiger partial charge in [0, 0.05) is 55.7 Å². The molecule has 9 nitrogen and oxygen atoms in total. The second-order valence-electron chi connectivity index (χ2n) is 6.72. The highest BCUT2D eigenvalue weighted by atomic mass is 35.5. The zero-order valence-electron chi connectivity index (χ0n) is 16.7. The van der Waals surface area contributed by atoms with Gasteiger partial charge in [0.15, 0.2) is 5.96 Å². The van der Waals surface area contributed by atoms with Crippen molar-refractivity contribution in [2.45, 2.75) is 13.5 Å². The largest absolute Gasteiger partial charge is 0.357 e. The van der Waals surface area contributed by atoms with E-state index in [9.17, 15) is 0 Å². The van der Waals surface area contributed by atoms with Crippen LogP contribution in [0.15, 0.2) is 52.2 Å². The fourth-order valence-corrected chi connectivity index (χ4v) is 3.40. The summed E-state index contributed by atoms with van der Waals surface area (Å²) in [5.74, 6) is 2.55. The molecule has 4 rings (SSSR count). The fraction of sp³-hybridized carbons (Fsp3) is 0.350. The lowest BCUT2D eigenvalue weighted by atomic mass is 10.2. The van der Waals surface area contributed by atoms with Crippen LogP contribution in [-0.4, -0.2) is 63.7 Å². The fourth-order valence-electron chi connectivity index (χ4n) is 3.21. The summed E-state index contributed by atoms with van der Waals surface area (Å²) in [6, 6.07) is 9.19. The third-order valence-electron chi connectivity index (χ3n) is 4.66. The molecule has 0 spiro atoms. The van der Waals surface area contributed by atoms with Crippen molar-refractivity contribution in [1.29, 1.82) is 0 Å². The molecule has 30 heavy (non-hydrogen) atoms. The Morgan fingerprint density at radius 3 is 2.70 bits per heavy atom. The van der Waals surface area contributed by atoms with Gasteiger partial charge in [-0.1, -0.05) is 28.9 Å². The normalized spacial score (nSPS) is 14.8. The third-order valence-corrected chi connectivity index (χ3v) is 4.90. The van der Waals surface area contributed by atoms with E-state index >= 15 is 0 Å². The summed E-state index contributed by atoms with van der Waals surface area (Å²) in [6.45, 7) is 6.43. The van der Waals surface area contributed by atoms with E-state index in [2.05, 4.69) is 40.2 Å². The molecule has 1 aliphatic rings. The Morgan fingerprint density at radius 1 is 1.17 bits per heavy atom. The maximum absolute atomic E-state index is 6.04. The number of rotatable bonds is 5. The lowest BCUT2D eigenvalue weighted by Crippen LogP contribution is -2.53. The Balaban J connectivity index is 1.40. The van der Waals surface area contributed by atoms with Gasteiger partial charge in [-0.05, 0) is 25.1 Å². The van der Waals surface area contributed by atoms with Crippen molar-refractivity contribution in [2.24, 2.45) is 4.99 Å². The van der Waals surface area contributed by atoms with Crippen molar-refractivity contribution in [3.05, 3.63) is 53.6 Å². The first-order valence-electron chi connectivity index (χ1n) is 9.86. The van der Waals surface area contributed by atoms with Gasteiger partial charge in [-0.25, -0.2) is 15.0 Å². The number of aromatic nitrogens is 4. The van der Waals surface area contributed by atoms with Gasteiger partial charge in [-0.2, -0.15) is 4.98 Å². The minimum absolute atomic E-state index is 0.303. The predicted octanol–water partition coefficient (Wildman–Crippen LogP) is 2.47. The molecule has 1 fully saturated rings. The molecule has 0 bridgehead atoms. The number of aliphatic imine (C=N–C) groups is 1. The van der Waals surface area contributed by atoms with Crippen LogP contribution in [0.4, 0.5) is 5.95 Å². The van der Waals surface area contributed by atoms with E-state index in [0.29, 0.717) is 23.3 Å². The molecule has 2 aromatic heterocycles. The summed E-state index contributed by atoms with van der Waals surface area (Å²) >= 11 is 6.04. The Hall–Kier alpha value is -3.20. The maximum atomic E-state index is 6.04. The van der Waals surface area contributed by atoms with Crippen LogP contribution in [0.3, 0.4) is 0 Å². The highest BCUT2D eigenvalue weighted by Gasteiger charge is 2.21. The van der Waals surface area contributed by atoms with Crippen molar-refractivity contribution in [1.82, 2.24) is 30.3 Å². The van der Waals surface area contributed by atoms with E-state index < -0.39 is 0 Å². The molecule has 3 aromatic rings. The Morgan fingerprint density at radius 2 is 1.97 bits per heavy atom. The van der Waals surface area contributed by atoms with Crippen LogP contribution in [0.2, 0.25) is 5.02 Å². The second-order valence-corrected chi connectivity index (χ2v) is 7.15. The molecule has 1 N–H and O–H groups in total. The monoisotopic (exact) mass is 426 g/mol. The molecule has 3 heterocycles. The van der Waals surface area contributed by atoms with Gasteiger partial charge in [0.1, 0.15) is 6.54 Å². The van der Waals surface area contributed by atoms with Crippen molar-refractivity contribution in [3.8, 4) is 11.4 Å². The molecule has 1 saturated heterocycles. The summed E-state index contributed by atoms with van der Waals surface area (Å²) < 4.78 is 5.37. The van der Waals surface area contributed by atoms with Gasteiger partial charge in [0.25, 0.3) is 0 Å². The zero-order chi connectivity index (χ0) is 20.8. The predicted molar refractivity (Wildman–Crippen MR) is 115 cm³/mol.